The molecule has 0 aromatic heterocycles. The molecule has 0 bridgehead atoms. The Morgan fingerprint density at radius 1 is 0.760 bits per heavy atom. The van der Waals surface area contributed by atoms with Gasteiger partial charge in [-0.25, -0.2) is 0 Å². The van der Waals surface area contributed by atoms with Crippen molar-refractivity contribution in [1.29, 1.82) is 0 Å². The van der Waals surface area contributed by atoms with Crippen molar-refractivity contribution in [1.82, 2.24) is 0 Å². The van der Waals surface area contributed by atoms with E-state index in [0.717, 1.165) is 11.1 Å². The van der Waals surface area contributed by atoms with Gasteiger partial charge in [0.15, 0.2) is 0 Å². The third kappa shape index (κ3) is 3.61. The minimum Gasteiger partial charge on any atom is -0.338 e. The molecule has 0 fully saturated rings. The van der Waals surface area contributed by atoms with Gasteiger partial charge in [0.25, 0.3) is 7.37 Å². The van der Waals surface area contributed by atoms with Crippen LogP contribution in [0.15, 0.2) is 78.9 Å². The highest BCUT2D eigenvalue weighted by Gasteiger charge is 2.27. The largest absolute Gasteiger partial charge is 0.338 e. The van der Waals surface area contributed by atoms with Crippen LogP contribution < -0.4 is 10.6 Å². The predicted molar refractivity (Wildman–Crippen MR) is 106 cm³/mol. The van der Waals surface area contributed by atoms with Gasteiger partial charge in [-0.1, -0.05) is 81.4 Å². The Balaban J connectivity index is 2.10. The van der Waals surface area contributed by atoms with Crippen molar-refractivity contribution in [2.45, 2.75) is 26.2 Å². The minimum absolute atomic E-state index is 0.0777. The van der Waals surface area contributed by atoms with E-state index < -0.39 is 7.37 Å². The Bertz CT molecular complexity index is 907. The second-order valence-corrected chi connectivity index (χ2v) is 9.41. The Hall–Kier alpha value is -2.15. The summed E-state index contributed by atoms with van der Waals surface area (Å²) >= 11 is 0. The van der Waals surface area contributed by atoms with Gasteiger partial charge >= 0.3 is 0 Å². The second-order valence-electron chi connectivity index (χ2n) is 7.26. The topological polar surface area (TPSA) is 37.3 Å². The van der Waals surface area contributed by atoms with Gasteiger partial charge < -0.3 is 4.89 Å². The molecular formula is C22H23O2P. The lowest BCUT2D eigenvalue weighted by Gasteiger charge is -2.20. The molecule has 0 aliphatic heterocycles. The Labute approximate surface area is 149 Å². The monoisotopic (exact) mass is 350 g/mol. The summed E-state index contributed by atoms with van der Waals surface area (Å²) in [7, 11) is -3.64. The maximum Gasteiger partial charge on any atom is 0.259 e. The maximum atomic E-state index is 13.2. The van der Waals surface area contributed by atoms with Gasteiger partial charge in [0.05, 0.1) is 0 Å². The first-order chi connectivity index (χ1) is 11.8. The van der Waals surface area contributed by atoms with Gasteiger partial charge in [-0.3, -0.25) is 4.57 Å². The zero-order valence-electron chi connectivity index (χ0n) is 14.8. The van der Waals surface area contributed by atoms with Crippen molar-refractivity contribution in [3.05, 3.63) is 84.4 Å². The number of hydrogen-bond donors (Lipinski definition) is 1. The van der Waals surface area contributed by atoms with E-state index in [2.05, 4.69) is 32.9 Å². The predicted octanol–water partition coefficient (Wildman–Crippen LogP) is 4.87. The van der Waals surface area contributed by atoms with Crippen LogP contribution in [0, 0.1) is 0 Å². The van der Waals surface area contributed by atoms with Crippen LogP contribution in [0.4, 0.5) is 0 Å². The number of rotatable bonds is 3. The molecule has 0 aliphatic rings. The summed E-state index contributed by atoms with van der Waals surface area (Å²) in [6, 6.07) is 24.5. The molecule has 0 aliphatic carbocycles. The molecule has 0 heterocycles. The highest BCUT2D eigenvalue weighted by molar-refractivity contribution is 7.73. The van der Waals surface area contributed by atoms with Crippen molar-refractivity contribution in [2.75, 3.05) is 0 Å². The molecule has 3 rings (SSSR count). The average molecular weight is 350 g/mol. The zero-order valence-corrected chi connectivity index (χ0v) is 15.7. The Morgan fingerprint density at radius 2 is 1.32 bits per heavy atom. The van der Waals surface area contributed by atoms with E-state index >= 15 is 0 Å². The van der Waals surface area contributed by atoms with Gasteiger partial charge in [0.2, 0.25) is 0 Å². The molecule has 0 saturated heterocycles. The van der Waals surface area contributed by atoms with Gasteiger partial charge in [0, 0.05) is 10.6 Å². The summed E-state index contributed by atoms with van der Waals surface area (Å²) in [6.45, 7) is 6.52. The quantitative estimate of drug-likeness (QED) is 0.684. The molecular weight excluding hydrogens is 327 g/mol. The number of hydrogen-bond acceptors (Lipinski definition) is 1. The summed E-state index contributed by atoms with van der Waals surface area (Å²) < 4.78 is 13.2. The summed E-state index contributed by atoms with van der Waals surface area (Å²) in [5, 5.41) is 0.929. The van der Waals surface area contributed by atoms with E-state index in [-0.39, 0.29) is 5.41 Å². The van der Waals surface area contributed by atoms with Gasteiger partial charge in [-0.05, 0) is 40.3 Å². The van der Waals surface area contributed by atoms with Crippen molar-refractivity contribution in [3.63, 3.8) is 0 Å². The lowest BCUT2D eigenvalue weighted by Crippen LogP contribution is -2.17. The SMILES string of the molecule is CC(C)(C)c1ccc(-c2ccccc2P(=O)(O)c2ccccc2)cc1. The second kappa shape index (κ2) is 6.63. The fraction of sp³-hybridized carbons (Fsp3) is 0.182. The van der Waals surface area contributed by atoms with Crippen LogP contribution in [0.1, 0.15) is 26.3 Å². The van der Waals surface area contributed by atoms with E-state index in [1.165, 1.54) is 5.56 Å². The summed E-state index contributed by atoms with van der Waals surface area (Å²) in [4.78, 5) is 10.8. The lowest BCUT2D eigenvalue weighted by atomic mass is 9.86. The normalized spacial score (nSPS) is 14.1. The van der Waals surface area contributed by atoms with Crippen molar-refractivity contribution >= 4 is 18.0 Å². The average Bonchev–Trinajstić information content (AvgIpc) is 2.62. The van der Waals surface area contributed by atoms with Crippen LogP contribution >= 0.6 is 7.37 Å². The zero-order chi connectivity index (χ0) is 18.1. The molecule has 128 valence electrons. The van der Waals surface area contributed by atoms with Crippen LogP contribution in [-0.4, -0.2) is 4.89 Å². The molecule has 0 radical (unpaired) electrons. The summed E-state index contributed by atoms with van der Waals surface area (Å²) in [5.74, 6) is 0. The smallest absolute Gasteiger partial charge is 0.259 e. The van der Waals surface area contributed by atoms with Crippen LogP contribution in [0.3, 0.4) is 0 Å². The Kier molecular flexibility index (Phi) is 4.69. The molecule has 3 heteroatoms. The third-order valence-corrected chi connectivity index (χ3v) is 6.44. The molecule has 1 N–H and O–H groups in total. The molecule has 3 aromatic carbocycles. The van der Waals surface area contributed by atoms with E-state index in [0.29, 0.717) is 10.6 Å². The standard InChI is InChI=1S/C22H23O2P/c1-22(2,3)18-15-13-17(14-16-18)20-11-7-8-12-21(20)25(23,24)19-9-5-4-6-10-19/h4-16H,1-3H3,(H,23,24). The van der Waals surface area contributed by atoms with Crippen molar-refractivity contribution in [2.24, 2.45) is 0 Å². The van der Waals surface area contributed by atoms with E-state index in [9.17, 15) is 9.46 Å². The van der Waals surface area contributed by atoms with E-state index in [1.54, 1.807) is 30.3 Å². The molecule has 25 heavy (non-hydrogen) atoms. The fourth-order valence-electron chi connectivity index (χ4n) is 2.90. The maximum absolute atomic E-state index is 13.2. The van der Waals surface area contributed by atoms with Crippen molar-refractivity contribution in [3.8, 4) is 11.1 Å². The van der Waals surface area contributed by atoms with Crippen LogP contribution in [-0.2, 0) is 9.98 Å². The highest BCUT2D eigenvalue weighted by atomic mass is 31.2. The van der Waals surface area contributed by atoms with E-state index in [4.69, 9.17) is 0 Å². The molecule has 0 amide bonds. The van der Waals surface area contributed by atoms with Crippen LogP contribution in [0.25, 0.3) is 11.1 Å². The van der Waals surface area contributed by atoms with Crippen molar-refractivity contribution < 1.29 is 9.46 Å². The van der Waals surface area contributed by atoms with E-state index in [1.807, 2.05) is 36.4 Å². The summed E-state index contributed by atoms with van der Waals surface area (Å²) in [5.41, 5.74) is 3.07. The van der Waals surface area contributed by atoms with Gasteiger partial charge in [-0.15, -0.1) is 0 Å². The molecule has 1 atom stereocenters. The first-order valence-electron chi connectivity index (χ1n) is 8.39. The highest BCUT2D eigenvalue weighted by Crippen LogP contribution is 2.41. The first-order valence-corrected chi connectivity index (χ1v) is 10.0. The fourth-order valence-corrected chi connectivity index (χ4v) is 4.57. The molecule has 2 nitrogen and oxygen atoms in total. The summed E-state index contributed by atoms with van der Waals surface area (Å²) in [6.07, 6.45) is 0. The third-order valence-electron chi connectivity index (χ3n) is 4.40. The molecule has 1 unspecified atom stereocenters. The first kappa shape index (κ1) is 17.7. The minimum atomic E-state index is -3.64. The van der Waals surface area contributed by atoms with Gasteiger partial charge in [0.1, 0.15) is 0 Å². The molecule has 0 saturated carbocycles. The Morgan fingerprint density at radius 3 is 1.92 bits per heavy atom. The number of benzene rings is 3. The lowest BCUT2D eigenvalue weighted by molar-refractivity contribution is 0.501. The van der Waals surface area contributed by atoms with Crippen LogP contribution in [0.5, 0.6) is 0 Å². The van der Waals surface area contributed by atoms with Crippen LogP contribution in [0.2, 0.25) is 0 Å². The molecule has 3 aromatic rings. The van der Waals surface area contributed by atoms with Gasteiger partial charge in [-0.2, -0.15) is 0 Å². The molecule has 0 spiro atoms.